The van der Waals surface area contributed by atoms with Crippen LogP contribution in [0.15, 0.2) is 182 Å². The number of aryl methyl sites for hydroxylation is 6. The van der Waals surface area contributed by atoms with Crippen LogP contribution in [-0.4, -0.2) is 9.13 Å². The van der Waals surface area contributed by atoms with E-state index in [-0.39, 0.29) is 11.6 Å². The molecule has 8 heteroatoms. The van der Waals surface area contributed by atoms with Gasteiger partial charge in [0, 0.05) is 32.9 Å². The number of hydrogen-bond donors (Lipinski definition) is 0. The first-order chi connectivity index (χ1) is 37.2. The van der Waals surface area contributed by atoms with E-state index < -0.39 is 34.6 Å². The highest BCUT2D eigenvalue weighted by molar-refractivity contribution is 6.13. The van der Waals surface area contributed by atoms with E-state index in [4.69, 9.17) is 0 Å². The van der Waals surface area contributed by atoms with Crippen LogP contribution in [0.4, 0.5) is 26.3 Å². The smallest absolute Gasteiger partial charge is 0.309 e. The molecule has 0 fully saturated rings. The van der Waals surface area contributed by atoms with E-state index in [0.29, 0.717) is 27.8 Å². The summed E-state index contributed by atoms with van der Waals surface area (Å²) in [5.74, 6) is 0.256. The molecule has 11 aromatic rings. The van der Waals surface area contributed by atoms with Crippen molar-refractivity contribution < 1.29 is 26.3 Å². The van der Waals surface area contributed by atoms with Crippen molar-refractivity contribution in [3.8, 4) is 55.9 Å². The maximum Gasteiger partial charge on any atom is 0.417 e. The maximum absolute atomic E-state index is 15.6. The van der Waals surface area contributed by atoms with E-state index in [1.807, 2.05) is 71.5 Å². The second-order valence-corrected chi connectivity index (χ2v) is 21.7. The average molecular weight is 1040 g/mol. The molecule has 0 aliphatic heterocycles. The summed E-state index contributed by atoms with van der Waals surface area (Å²) < 4.78 is 97.5. The SMILES string of the molecule is CC1=CC=C(c2ccc3c(c2)c2cc(-c4ccc(C)cc4C)ccc2n3-c2ccc(C(F)(F)F)c(-c3cc(-n4c5ccc(-c6ccc(C)cc6C)cc5c5cc(-c6ccc(C)cc6C)ccc54)ccc3C(F)(F)F)c2)C(C)C1. The molecule has 1 atom stereocenters. The van der Waals surface area contributed by atoms with Crippen molar-refractivity contribution in [2.24, 2.45) is 5.92 Å². The minimum Gasteiger partial charge on any atom is -0.309 e. The Labute approximate surface area is 450 Å². The zero-order chi connectivity index (χ0) is 54.7. The van der Waals surface area contributed by atoms with Gasteiger partial charge in [-0.2, -0.15) is 26.3 Å². The van der Waals surface area contributed by atoms with Crippen molar-refractivity contribution in [3.63, 3.8) is 0 Å². The Balaban J connectivity index is 1.10. The van der Waals surface area contributed by atoms with Crippen molar-refractivity contribution in [3.05, 3.63) is 232 Å². The summed E-state index contributed by atoms with van der Waals surface area (Å²) in [4.78, 5) is 0. The first-order valence-electron chi connectivity index (χ1n) is 26.4. The van der Waals surface area contributed by atoms with Crippen molar-refractivity contribution in [1.82, 2.24) is 9.13 Å². The summed E-state index contributed by atoms with van der Waals surface area (Å²) in [5.41, 5.74) is 16.1. The van der Waals surface area contributed by atoms with Gasteiger partial charge in [0.25, 0.3) is 0 Å². The number of alkyl halides is 6. The highest BCUT2D eigenvalue weighted by atomic mass is 19.4. The Morgan fingerprint density at radius 2 is 0.705 bits per heavy atom. The van der Waals surface area contributed by atoms with Gasteiger partial charge < -0.3 is 9.13 Å². The van der Waals surface area contributed by atoms with Crippen molar-refractivity contribution in [2.45, 2.75) is 74.2 Å². The maximum atomic E-state index is 15.6. The first-order valence-corrected chi connectivity index (χ1v) is 26.4. The highest BCUT2D eigenvalue weighted by Crippen LogP contribution is 2.47. The third-order valence-electron chi connectivity index (χ3n) is 16.1. The highest BCUT2D eigenvalue weighted by Gasteiger charge is 2.39. The fourth-order valence-corrected chi connectivity index (χ4v) is 12.4. The summed E-state index contributed by atoms with van der Waals surface area (Å²) in [7, 11) is 0. The summed E-state index contributed by atoms with van der Waals surface area (Å²) >= 11 is 0. The largest absolute Gasteiger partial charge is 0.417 e. The Bertz CT molecular complexity index is 4250. The first kappa shape index (κ1) is 50.5. The molecule has 0 saturated carbocycles. The summed E-state index contributed by atoms with van der Waals surface area (Å²) in [6.45, 7) is 16.7. The van der Waals surface area contributed by atoms with Gasteiger partial charge in [-0.3, -0.25) is 0 Å². The summed E-state index contributed by atoms with van der Waals surface area (Å²) in [6.07, 6.45) is -4.81. The molecule has 0 radical (unpaired) electrons. The van der Waals surface area contributed by atoms with Gasteiger partial charge in [-0.05, 0) is 218 Å². The Morgan fingerprint density at radius 1 is 0.359 bits per heavy atom. The van der Waals surface area contributed by atoms with Crippen molar-refractivity contribution in [1.29, 1.82) is 0 Å². The number of nitrogens with zero attached hydrogens (tertiary/aromatic N) is 2. The van der Waals surface area contributed by atoms with Gasteiger partial charge in [0.1, 0.15) is 0 Å². The topological polar surface area (TPSA) is 9.86 Å². The lowest BCUT2D eigenvalue weighted by Crippen LogP contribution is -2.12. The number of benzene rings is 9. The third kappa shape index (κ3) is 8.72. The van der Waals surface area contributed by atoms with Crippen LogP contribution in [0.2, 0.25) is 0 Å². The van der Waals surface area contributed by atoms with Crippen molar-refractivity contribution >= 4 is 49.2 Å². The Kier molecular flexibility index (Phi) is 12.1. The standard InChI is InChI=1S/C70H56F6N2/c1-39-9-19-53(43(5)29-39)47-13-25-65-59(33-47)60-34-48(54-20-10-40(2)30-44(54)6)14-26-66(60)77(65)51-17-23-63(69(71,72)73)57(37-51)58-38-52(18-24-64(58)70(74,75)76)78-67-27-15-49(55-21-11-41(3)31-45(55)7)35-61(67)62-36-50(16-28-68(62)78)56-22-12-42(4)32-46(56)8/h9-31,33-38,46H,32H2,1-8H3. The number of rotatable bonds is 7. The minimum atomic E-state index is -5.01. The molecular formula is C70H56F6N2. The fraction of sp³-hybridized carbons (Fsp3) is 0.171. The van der Waals surface area contributed by atoms with Crippen LogP contribution in [0.3, 0.4) is 0 Å². The molecule has 388 valence electrons. The van der Waals surface area contributed by atoms with Crippen LogP contribution in [0.1, 0.15) is 70.3 Å². The molecule has 0 amide bonds. The Hall–Kier alpha value is -8.36. The lowest BCUT2D eigenvalue weighted by atomic mass is 9.85. The molecule has 0 spiro atoms. The summed E-state index contributed by atoms with van der Waals surface area (Å²) in [6, 6.07) is 50.5. The van der Waals surface area contributed by atoms with Crippen LogP contribution in [0.25, 0.3) is 105 Å². The van der Waals surface area contributed by atoms with E-state index in [1.54, 1.807) is 0 Å². The Morgan fingerprint density at radius 3 is 1.04 bits per heavy atom. The van der Waals surface area contributed by atoms with Gasteiger partial charge >= 0.3 is 12.4 Å². The molecule has 2 aromatic heterocycles. The molecule has 78 heavy (non-hydrogen) atoms. The zero-order valence-corrected chi connectivity index (χ0v) is 44.7. The quantitative estimate of drug-likeness (QED) is 0.141. The molecule has 12 rings (SSSR count). The molecule has 0 bridgehead atoms. The second-order valence-electron chi connectivity index (χ2n) is 21.7. The zero-order valence-electron chi connectivity index (χ0n) is 44.7. The lowest BCUT2D eigenvalue weighted by molar-refractivity contribution is -0.139. The predicted octanol–water partition coefficient (Wildman–Crippen LogP) is 20.8. The van der Waals surface area contributed by atoms with E-state index in [1.165, 1.54) is 35.4 Å². The normalized spacial score (nSPS) is 14.3. The molecule has 2 nitrogen and oxygen atoms in total. The fourth-order valence-electron chi connectivity index (χ4n) is 12.4. The molecule has 1 unspecified atom stereocenters. The van der Waals surface area contributed by atoms with Gasteiger partial charge in [0.2, 0.25) is 0 Å². The van der Waals surface area contributed by atoms with Gasteiger partial charge in [-0.25, -0.2) is 0 Å². The lowest BCUT2D eigenvalue weighted by Gasteiger charge is -2.21. The van der Waals surface area contributed by atoms with Crippen LogP contribution in [-0.2, 0) is 12.4 Å². The van der Waals surface area contributed by atoms with E-state index in [9.17, 15) is 0 Å². The predicted molar refractivity (Wildman–Crippen MR) is 311 cm³/mol. The van der Waals surface area contributed by atoms with E-state index in [2.05, 4.69) is 133 Å². The molecule has 2 heterocycles. The molecule has 0 saturated heterocycles. The number of allylic oxidation sites excluding steroid dienone is 4. The molecule has 1 aliphatic rings. The van der Waals surface area contributed by atoms with Gasteiger partial charge in [0.15, 0.2) is 0 Å². The van der Waals surface area contributed by atoms with Gasteiger partial charge in [-0.1, -0.05) is 120 Å². The van der Waals surface area contributed by atoms with Crippen LogP contribution < -0.4 is 0 Å². The number of hydrogen-bond acceptors (Lipinski definition) is 0. The monoisotopic (exact) mass is 1040 g/mol. The number of halogens is 6. The summed E-state index contributed by atoms with van der Waals surface area (Å²) in [5, 5.41) is 3.45. The minimum absolute atomic E-state index is 0.256. The van der Waals surface area contributed by atoms with E-state index >= 15 is 26.3 Å². The van der Waals surface area contributed by atoms with Gasteiger partial charge in [-0.15, -0.1) is 0 Å². The third-order valence-corrected chi connectivity index (χ3v) is 16.1. The molecule has 1 aliphatic carbocycles. The van der Waals surface area contributed by atoms with Crippen molar-refractivity contribution in [2.75, 3.05) is 0 Å². The average Bonchev–Trinajstić information content (AvgIpc) is 3.98. The van der Waals surface area contributed by atoms with E-state index in [0.717, 1.165) is 112 Å². The van der Waals surface area contributed by atoms with Crippen LogP contribution in [0.5, 0.6) is 0 Å². The second kappa shape index (κ2) is 18.7. The van der Waals surface area contributed by atoms with Gasteiger partial charge in [0.05, 0.1) is 33.2 Å². The number of aromatic nitrogens is 2. The van der Waals surface area contributed by atoms with Crippen LogP contribution in [0, 0.1) is 47.5 Å². The number of fused-ring (bicyclic) bond motifs is 6. The van der Waals surface area contributed by atoms with Crippen LogP contribution >= 0.6 is 0 Å². The molecular weight excluding hydrogens is 983 g/mol. The molecule has 0 N–H and O–H groups in total. The molecule has 9 aromatic carbocycles.